The summed E-state index contributed by atoms with van der Waals surface area (Å²) in [5.41, 5.74) is 1.27. The van der Waals surface area contributed by atoms with Gasteiger partial charge in [-0.1, -0.05) is 23.7 Å². The maximum Gasteiger partial charge on any atom is 0.0409 e. The second-order valence-corrected chi connectivity index (χ2v) is 5.01. The van der Waals surface area contributed by atoms with Gasteiger partial charge in [0.05, 0.1) is 0 Å². The van der Waals surface area contributed by atoms with Gasteiger partial charge in [0.1, 0.15) is 0 Å². The van der Waals surface area contributed by atoms with Crippen LogP contribution in [0.2, 0.25) is 5.02 Å². The van der Waals surface area contributed by atoms with Crippen LogP contribution < -0.4 is 5.32 Å². The maximum absolute atomic E-state index is 5.97. The second kappa shape index (κ2) is 4.54. The predicted molar refractivity (Wildman–Crippen MR) is 65.2 cm³/mol. The van der Waals surface area contributed by atoms with Crippen LogP contribution in [0, 0.1) is 5.92 Å². The van der Waals surface area contributed by atoms with E-state index in [1.807, 2.05) is 18.2 Å². The molecule has 1 aromatic carbocycles. The van der Waals surface area contributed by atoms with Crippen LogP contribution in [0.25, 0.3) is 0 Å². The fourth-order valence-electron chi connectivity index (χ4n) is 2.00. The van der Waals surface area contributed by atoms with Crippen molar-refractivity contribution in [1.82, 2.24) is 5.32 Å². The van der Waals surface area contributed by atoms with Gasteiger partial charge in [-0.3, -0.25) is 0 Å². The third-order valence-electron chi connectivity index (χ3n) is 3.19. The van der Waals surface area contributed by atoms with Crippen LogP contribution in [0.4, 0.5) is 0 Å². The highest BCUT2D eigenvalue weighted by molar-refractivity contribution is 6.30. The quantitative estimate of drug-likeness (QED) is 0.819. The molecule has 15 heavy (non-hydrogen) atoms. The number of hydrogen-bond donors (Lipinski definition) is 1. The summed E-state index contributed by atoms with van der Waals surface area (Å²) < 4.78 is 0. The molecule has 2 rings (SSSR count). The molecule has 0 amide bonds. The first-order chi connectivity index (χ1) is 7.16. The molecule has 0 radical (unpaired) electrons. The topological polar surface area (TPSA) is 12.0 Å². The first kappa shape index (κ1) is 11.0. The van der Waals surface area contributed by atoms with Crippen LogP contribution in [-0.2, 0) is 0 Å². The zero-order valence-corrected chi connectivity index (χ0v) is 10.1. The lowest BCUT2D eigenvalue weighted by atomic mass is 10.1. The highest BCUT2D eigenvalue weighted by Crippen LogP contribution is 2.33. The van der Waals surface area contributed by atoms with Gasteiger partial charge in [-0.05, 0) is 50.3 Å². The van der Waals surface area contributed by atoms with Crippen molar-refractivity contribution in [3.63, 3.8) is 0 Å². The Kier molecular flexibility index (Phi) is 3.32. The van der Waals surface area contributed by atoms with Gasteiger partial charge in [0.15, 0.2) is 0 Å². The number of benzene rings is 1. The van der Waals surface area contributed by atoms with E-state index in [1.165, 1.54) is 18.4 Å². The summed E-state index contributed by atoms with van der Waals surface area (Å²) in [6, 6.07) is 9.11. The molecule has 1 fully saturated rings. The molecule has 0 heterocycles. The number of rotatable bonds is 4. The van der Waals surface area contributed by atoms with Crippen LogP contribution in [0.1, 0.15) is 38.3 Å². The van der Waals surface area contributed by atoms with Crippen molar-refractivity contribution in [2.24, 2.45) is 5.92 Å². The molecule has 0 saturated heterocycles. The summed E-state index contributed by atoms with van der Waals surface area (Å²) in [5, 5.41) is 4.45. The fourth-order valence-corrected chi connectivity index (χ4v) is 2.20. The summed E-state index contributed by atoms with van der Waals surface area (Å²) >= 11 is 5.97. The lowest BCUT2D eigenvalue weighted by Crippen LogP contribution is -2.30. The Hall–Kier alpha value is -0.530. The largest absolute Gasteiger partial charge is 0.307 e. The first-order valence-corrected chi connectivity index (χ1v) is 6.06. The van der Waals surface area contributed by atoms with Gasteiger partial charge in [0.25, 0.3) is 0 Å². The van der Waals surface area contributed by atoms with Crippen molar-refractivity contribution in [1.29, 1.82) is 0 Å². The smallest absolute Gasteiger partial charge is 0.0409 e. The van der Waals surface area contributed by atoms with E-state index in [0.717, 1.165) is 10.9 Å². The minimum atomic E-state index is 0.388. The van der Waals surface area contributed by atoms with E-state index in [4.69, 9.17) is 11.6 Å². The molecule has 1 aliphatic rings. The summed E-state index contributed by atoms with van der Waals surface area (Å²) in [7, 11) is 0. The summed E-state index contributed by atoms with van der Waals surface area (Å²) in [4.78, 5) is 0. The van der Waals surface area contributed by atoms with Crippen molar-refractivity contribution in [2.75, 3.05) is 0 Å². The average Bonchev–Trinajstić information content (AvgIpc) is 3.00. The minimum absolute atomic E-state index is 0.388. The second-order valence-electron chi connectivity index (χ2n) is 4.57. The van der Waals surface area contributed by atoms with Gasteiger partial charge >= 0.3 is 0 Å². The molecule has 2 atom stereocenters. The van der Waals surface area contributed by atoms with Crippen molar-refractivity contribution in [2.45, 2.75) is 38.8 Å². The number of nitrogens with one attached hydrogen (secondary N) is 1. The molecule has 0 spiro atoms. The van der Waals surface area contributed by atoms with E-state index in [9.17, 15) is 0 Å². The van der Waals surface area contributed by atoms with Crippen molar-refractivity contribution < 1.29 is 0 Å². The highest BCUT2D eigenvalue weighted by atomic mass is 35.5. The third-order valence-corrected chi connectivity index (χ3v) is 3.43. The van der Waals surface area contributed by atoms with E-state index in [0.29, 0.717) is 12.1 Å². The van der Waals surface area contributed by atoms with Crippen LogP contribution in [0.5, 0.6) is 0 Å². The van der Waals surface area contributed by atoms with Gasteiger partial charge in [-0.25, -0.2) is 0 Å². The standard InChI is InChI=1S/C13H18ClN/c1-9(11-6-7-11)15-10(2)12-4-3-5-13(14)8-12/h3-5,8-11,15H,6-7H2,1-2H3. The van der Waals surface area contributed by atoms with Crippen LogP contribution in [-0.4, -0.2) is 6.04 Å². The summed E-state index contributed by atoms with van der Waals surface area (Å²) in [5.74, 6) is 0.895. The number of hydrogen-bond acceptors (Lipinski definition) is 1. The Morgan fingerprint density at radius 1 is 1.33 bits per heavy atom. The zero-order chi connectivity index (χ0) is 10.8. The Morgan fingerprint density at radius 3 is 2.67 bits per heavy atom. The molecule has 0 aromatic heterocycles. The Balaban J connectivity index is 1.97. The molecule has 1 nitrogen and oxygen atoms in total. The third kappa shape index (κ3) is 2.96. The SMILES string of the molecule is CC(NC(C)C1CC1)c1cccc(Cl)c1. The van der Waals surface area contributed by atoms with E-state index < -0.39 is 0 Å². The summed E-state index contributed by atoms with van der Waals surface area (Å²) in [6.07, 6.45) is 2.77. The monoisotopic (exact) mass is 223 g/mol. The molecule has 0 aliphatic heterocycles. The predicted octanol–water partition coefficient (Wildman–Crippen LogP) is 3.79. The molecular weight excluding hydrogens is 206 g/mol. The van der Waals surface area contributed by atoms with Gasteiger partial charge in [0.2, 0.25) is 0 Å². The molecule has 1 saturated carbocycles. The van der Waals surface area contributed by atoms with Crippen LogP contribution in [0.3, 0.4) is 0 Å². The molecule has 1 aromatic rings. The van der Waals surface area contributed by atoms with Crippen molar-refractivity contribution in [3.05, 3.63) is 34.9 Å². The van der Waals surface area contributed by atoms with Gasteiger partial charge < -0.3 is 5.32 Å². The lowest BCUT2D eigenvalue weighted by Gasteiger charge is -2.20. The van der Waals surface area contributed by atoms with Crippen LogP contribution >= 0.6 is 11.6 Å². The zero-order valence-electron chi connectivity index (χ0n) is 9.33. The Bertz CT molecular complexity index is 333. The molecule has 1 N–H and O–H groups in total. The Morgan fingerprint density at radius 2 is 2.07 bits per heavy atom. The first-order valence-electron chi connectivity index (χ1n) is 5.68. The van der Waals surface area contributed by atoms with E-state index in [-0.39, 0.29) is 0 Å². The Labute approximate surface area is 96.8 Å². The molecule has 1 aliphatic carbocycles. The van der Waals surface area contributed by atoms with Gasteiger partial charge in [-0.2, -0.15) is 0 Å². The molecule has 82 valence electrons. The fraction of sp³-hybridized carbons (Fsp3) is 0.538. The number of halogens is 1. The normalized spacial score (nSPS) is 19.9. The average molecular weight is 224 g/mol. The van der Waals surface area contributed by atoms with E-state index in [2.05, 4.69) is 25.2 Å². The minimum Gasteiger partial charge on any atom is -0.307 e. The van der Waals surface area contributed by atoms with Crippen molar-refractivity contribution >= 4 is 11.6 Å². The maximum atomic E-state index is 5.97. The summed E-state index contributed by atoms with van der Waals surface area (Å²) in [6.45, 7) is 4.48. The molecule has 2 heteroatoms. The van der Waals surface area contributed by atoms with Gasteiger partial charge in [-0.15, -0.1) is 0 Å². The highest BCUT2D eigenvalue weighted by Gasteiger charge is 2.28. The molecular formula is C13H18ClN. The van der Waals surface area contributed by atoms with E-state index >= 15 is 0 Å². The van der Waals surface area contributed by atoms with Crippen LogP contribution in [0.15, 0.2) is 24.3 Å². The molecule has 0 bridgehead atoms. The van der Waals surface area contributed by atoms with Gasteiger partial charge in [0, 0.05) is 17.1 Å². The van der Waals surface area contributed by atoms with E-state index in [1.54, 1.807) is 0 Å². The lowest BCUT2D eigenvalue weighted by molar-refractivity contribution is 0.441. The molecule has 2 unspecified atom stereocenters. The van der Waals surface area contributed by atoms with Crippen molar-refractivity contribution in [3.8, 4) is 0 Å².